The van der Waals surface area contributed by atoms with Gasteiger partial charge in [-0.3, -0.25) is 0 Å². The van der Waals surface area contributed by atoms with E-state index >= 15 is 0 Å². The fraction of sp³-hybridized carbons (Fsp3) is 0.700. The molecule has 0 unspecified atom stereocenters. The van der Waals surface area contributed by atoms with Crippen LogP contribution in [0.5, 0.6) is 0 Å². The number of oxazole rings is 1. The molecule has 1 aliphatic rings. The van der Waals surface area contributed by atoms with Crippen molar-refractivity contribution in [3.05, 3.63) is 17.8 Å². The van der Waals surface area contributed by atoms with Crippen LogP contribution in [0.3, 0.4) is 0 Å². The predicted molar refractivity (Wildman–Crippen MR) is 50.5 cm³/mol. The zero-order valence-corrected chi connectivity index (χ0v) is 8.68. The lowest BCUT2D eigenvalue weighted by atomic mass is 9.82. The van der Waals surface area contributed by atoms with Crippen molar-refractivity contribution in [2.24, 2.45) is 5.73 Å². The zero-order valence-electron chi connectivity index (χ0n) is 8.68. The number of hydrogen-bond donors (Lipinski definition) is 1. The van der Waals surface area contributed by atoms with Crippen LogP contribution in [0, 0.1) is 0 Å². The van der Waals surface area contributed by atoms with Crippen LogP contribution in [0.2, 0.25) is 0 Å². The van der Waals surface area contributed by atoms with Crippen LogP contribution in [-0.4, -0.2) is 4.98 Å². The van der Waals surface area contributed by atoms with Gasteiger partial charge in [-0.15, -0.1) is 0 Å². The van der Waals surface area contributed by atoms with E-state index < -0.39 is 17.4 Å². The van der Waals surface area contributed by atoms with Gasteiger partial charge in [0.05, 0.1) is 5.54 Å². The maximum absolute atomic E-state index is 12.3. The number of aromatic nitrogens is 1. The highest BCUT2D eigenvalue weighted by Crippen LogP contribution is 2.36. The summed E-state index contributed by atoms with van der Waals surface area (Å²) in [4.78, 5) is 3.46. The monoisotopic (exact) mass is 234 g/mol. The van der Waals surface area contributed by atoms with E-state index in [1.54, 1.807) is 0 Å². The third-order valence-corrected chi connectivity index (χ3v) is 2.97. The van der Waals surface area contributed by atoms with Gasteiger partial charge < -0.3 is 10.2 Å². The fourth-order valence-corrected chi connectivity index (χ4v) is 2.03. The summed E-state index contributed by atoms with van der Waals surface area (Å²) in [6, 6.07) is 0. The van der Waals surface area contributed by atoms with Gasteiger partial charge in [-0.1, -0.05) is 19.3 Å². The Bertz CT molecular complexity index is 366. The molecule has 90 valence electrons. The average Bonchev–Trinajstić information content (AvgIpc) is 2.67. The van der Waals surface area contributed by atoms with Gasteiger partial charge in [-0.2, -0.15) is 13.2 Å². The lowest BCUT2D eigenvalue weighted by Crippen LogP contribution is -2.39. The van der Waals surface area contributed by atoms with Crippen molar-refractivity contribution >= 4 is 0 Å². The summed E-state index contributed by atoms with van der Waals surface area (Å²) in [6.07, 6.45) is 0.299. The van der Waals surface area contributed by atoms with Gasteiger partial charge in [0.1, 0.15) is 6.26 Å². The van der Waals surface area contributed by atoms with Crippen LogP contribution in [0.15, 0.2) is 10.7 Å². The summed E-state index contributed by atoms with van der Waals surface area (Å²) in [7, 11) is 0. The van der Waals surface area contributed by atoms with Gasteiger partial charge in [0, 0.05) is 0 Å². The van der Waals surface area contributed by atoms with Gasteiger partial charge in [0.25, 0.3) is 0 Å². The fourth-order valence-electron chi connectivity index (χ4n) is 2.03. The second-order valence-corrected chi connectivity index (χ2v) is 4.25. The maximum Gasteiger partial charge on any atom is 0.436 e. The Balaban J connectivity index is 2.24. The first-order valence-corrected chi connectivity index (χ1v) is 5.24. The zero-order chi connectivity index (χ0) is 11.8. The lowest BCUT2D eigenvalue weighted by molar-refractivity contribution is -0.141. The van der Waals surface area contributed by atoms with Crippen molar-refractivity contribution in [3.8, 4) is 0 Å². The molecule has 2 N–H and O–H groups in total. The smallest absolute Gasteiger partial charge is 0.436 e. The molecule has 0 aromatic carbocycles. The molecule has 0 saturated heterocycles. The number of halogens is 3. The molecule has 0 bridgehead atoms. The molecular formula is C10H13F3N2O. The minimum atomic E-state index is -4.47. The van der Waals surface area contributed by atoms with Crippen molar-refractivity contribution in [1.82, 2.24) is 4.98 Å². The molecule has 16 heavy (non-hydrogen) atoms. The molecule has 0 radical (unpaired) electrons. The summed E-state index contributed by atoms with van der Waals surface area (Å²) in [6.45, 7) is 0. The highest BCUT2D eigenvalue weighted by atomic mass is 19.4. The number of hydrogen-bond acceptors (Lipinski definition) is 3. The molecule has 0 amide bonds. The standard InChI is InChI=1S/C10H13F3N2O/c11-10(12,13)7-6-16-8(15-7)9(14)4-2-1-3-5-9/h6H,1-5,14H2. The second kappa shape index (κ2) is 3.76. The van der Waals surface area contributed by atoms with Crippen LogP contribution in [-0.2, 0) is 11.7 Å². The highest BCUT2D eigenvalue weighted by molar-refractivity contribution is 5.09. The van der Waals surface area contributed by atoms with E-state index in [1.807, 2.05) is 0 Å². The van der Waals surface area contributed by atoms with Crippen LogP contribution < -0.4 is 5.73 Å². The minimum absolute atomic E-state index is 0.0134. The number of rotatable bonds is 1. The van der Waals surface area contributed by atoms with E-state index in [0.29, 0.717) is 19.1 Å². The number of nitrogens with zero attached hydrogens (tertiary/aromatic N) is 1. The molecule has 1 aromatic rings. The molecule has 1 heterocycles. The molecular weight excluding hydrogens is 221 g/mol. The van der Waals surface area contributed by atoms with Gasteiger partial charge in [0.15, 0.2) is 5.69 Å². The van der Waals surface area contributed by atoms with E-state index in [9.17, 15) is 13.2 Å². The third kappa shape index (κ3) is 2.07. The largest absolute Gasteiger partial charge is 0.446 e. The minimum Gasteiger partial charge on any atom is -0.446 e. The highest BCUT2D eigenvalue weighted by Gasteiger charge is 2.39. The van der Waals surface area contributed by atoms with E-state index in [-0.39, 0.29) is 5.89 Å². The Morgan fingerprint density at radius 3 is 2.38 bits per heavy atom. The SMILES string of the molecule is NC1(c2nc(C(F)(F)F)co2)CCCCC1. The Morgan fingerprint density at radius 2 is 1.88 bits per heavy atom. The predicted octanol–water partition coefficient (Wildman–Crippen LogP) is 2.81. The van der Waals surface area contributed by atoms with Crippen molar-refractivity contribution in [1.29, 1.82) is 0 Å². The quantitative estimate of drug-likeness (QED) is 0.812. The number of alkyl halides is 3. The summed E-state index contributed by atoms with van der Waals surface area (Å²) < 4.78 is 41.9. The Kier molecular flexibility index (Phi) is 2.69. The van der Waals surface area contributed by atoms with E-state index in [0.717, 1.165) is 19.3 Å². The molecule has 2 rings (SSSR count). The van der Waals surface area contributed by atoms with Crippen molar-refractivity contribution in [2.75, 3.05) is 0 Å². The summed E-state index contributed by atoms with van der Waals surface area (Å²) in [5, 5.41) is 0. The van der Waals surface area contributed by atoms with E-state index in [4.69, 9.17) is 10.2 Å². The van der Waals surface area contributed by atoms with Crippen molar-refractivity contribution in [2.45, 2.75) is 43.8 Å². The summed E-state index contributed by atoms with van der Waals surface area (Å²) >= 11 is 0. The second-order valence-electron chi connectivity index (χ2n) is 4.25. The van der Waals surface area contributed by atoms with E-state index in [1.165, 1.54) is 0 Å². The molecule has 1 fully saturated rings. The van der Waals surface area contributed by atoms with Crippen LogP contribution in [0.25, 0.3) is 0 Å². The van der Waals surface area contributed by atoms with Crippen LogP contribution in [0.1, 0.15) is 43.7 Å². The first-order valence-electron chi connectivity index (χ1n) is 5.24. The van der Waals surface area contributed by atoms with Crippen LogP contribution in [0.4, 0.5) is 13.2 Å². The average molecular weight is 234 g/mol. The molecule has 3 nitrogen and oxygen atoms in total. The molecule has 1 saturated carbocycles. The molecule has 0 spiro atoms. The van der Waals surface area contributed by atoms with Gasteiger partial charge in [0.2, 0.25) is 5.89 Å². The van der Waals surface area contributed by atoms with Crippen molar-refractivity contribution in [3.63, 3.8) is 0 Å². The van der Waals surface area contributed by atoms with Gasteiger partial charge in [-0.05, 0) is 12.8 Å². The topological polar surface area (TPSA) is 52.0 Å². The molecule has 0 aliphatic heterocycles. The first kappa shape index (κ1) is 11.4. The van der Waals surface area contributed by atoms with Crippen LogP contribution >= 0.6 is 0 Å². The lowest BCUT2D eigenvalue weighted by Gasteiger charge is -2.29. The first-order chi connectivity index (χ1) is 7.42. The normalized spacial score (nSPS) is 21.0. The Hall–Kier alpha value is -1.04. The van der Waals surface area contributed by atoms with E-state index in [2.05, 4.69) is 4.98 Å². The molecule has 1 aromatic heterocycles. The maximum atomic E-state index is 12.3. The Labute approximate surface area is 90.8 Å². The molecule has 6 heteroatoms. The summed E-state index contributed by atoms with van der Waals surface area (Å²) in [5.41, 5.74) is 4.19. The molecule has 0 atom stereocenters. The number of nitrogens with two attached hydrogens (primary N) is 1. The molecule has 1 aliphatic carbocycles. The summed E-state index contributed by atoms with van der Waals surface area (Å²) in [5.74, 6) is 0.0134. The Morgan fingerprint density at radius 1 is 1.25 bits per heavy atom. The third-order valence-electron chi connectivity index (χ3n) is 2.97. The van der Waals surface area contributed by atoms with Gasteiger partial charge in [-0.25, -0.2) is 4.98 Å². The van der Waals surface area contributed by atoms with Crippen molar-refractivity contribution < 1.29 is 17.6 Å². The van der Waals surface area contributed by atoms with Gasteiger partial charge >= 0.3 is 6.18 Å².